The van der Waals surface area contributed by atoms with Crippen LogP contribution in [0.2, 0.25) is 0 Å². The number of aliphatic carboxylic acids is 1. The zero-order valence-corrected chi connectivity index (χ0v) is 17.9. The van der Waals surface area contributed by atoms with E-state index in [1.807, 2.05) is 32.0 Å². The summed E-state index contributed by atoms with van der Waals surface area (Å²) >= 11 is 0. The van der Waals surface area contributed by atoms with E-state index in [9.17, 15) is 18.3 Å². The first-order chi connectivity index (χ1) is 13.6. The number of rotatable bonds is 9. The largest absolute Gasteiger partial charge is 0.493 e. The lowest BCUT2D eigenvalue weighted by molar-refractivity contribution is -0.139. The van der Waals surface area contributed by atoms with E-state index in [1.165, 1.54) is 19.1 Å². The van der Waals surface area contributed by atoms with Gasteiger partial charge in [-0.25, -0.2) is 8.42 Å². The molecule has 0 bridgehead atoms. The van der Waals surface area contributed by atoms with Crippen molar-refractivity contribution in [3.05, 3.63) is 48.0 Å². The fraction of sp³-hybridized carbons (Fsp3) is 0.435. The van der Waals surface area contributed by atoms with Crippen molar-refractivity contribution in [2.45, 2.75) is 43.9 Å². The van der Waals surface area contributed by atoms with Crippen LogP contribution in [0.3, 0.4) is 0 Å². The zero-order chi connectivity index (χ0) is 21.2. The molecule has 2 aromatic rings. The third-order valence-electron chi connectivity index (χ3n) is 5.18. The van der Waals surface area contributed by atoms with E-state index < -0.39 is 21.7 Å². The highest BCUT2D eigenvalue weighted by Crippen LogP contribution is 2.37. The van der Waals surface area contributed by atoms with Crippen LogP contribution in [-0.2, 0) is 14.6 Å². The molecule has 0 aliphatic heterocycles. The van der Waals surface area contributed by atoms with E-state index in [0.29, 0.717) is 24.7 Å². The Balaban J connectivity index is 2.01. The molecule has 1 fully saturated rings. The molecule has 6 heteroatoms. The van der Waals surface area contributed by atoms with Crippen molar-refractivity contribution in [3.63, 3.8) is 0 Å². The van der Waals surface area contributed by atoms with Gasteiger partial charge in [-0.2, -0.15) is 0 Å². The van der Waals surface area contributed by atoms with Crippen molar-refractivity contribution in [3.8, 4) is 16.9 Å². The van der Waals surface area contributed by atoms with Gasteiger partial charge >= 0.3 is 5.97 Å². The van der Waals surface area contributed by atoms with Crippen molar-refractivity contribution in [1.29, 1.82) is 0 Å². The lowest BCUT2D eigenvalue weighted by Crippen LogP contribution is -2.14. The van der Waals surface area contributed by atoms with Gasteiger partial charge in [0.05, 0.1) is 17.4 Å². The van der Waals surface area contributed by atoms with Crippen LogP contribution in [0, 0.1) is 11.8 Å². The lowest BCUT2D eigenvalue weighted by atomic mass is 9.88. The van der Waals surface area contributed by atoms with Gasteiger partial charge in [0, 0.05) is 11.8 Å². The van der Waals surface area contributed by atoms with Crippen molar-refractivity contribution < 1.29 is 23.1 Å². The first-order valence-corrected chi connectivity index (χ1v) is 11.8. The Bertz CT molecular complexity index is 973. The van der Waals surface area contributed by atoms with Crippen LogP contribution in [0.5, 0.6) is 5.75 Å². The molecule has 1 unspecified atom stereocenters. The Kier molecular flexibility index (Phi) is 6.32. The molecular weight excluding hydrogens is 388 g/mol. The highest BCUT2D eigenvalue weighted by Gasteiger charge is 2.25. The number of hydrogen-bond acceptors (Lipinski definition) is 4. The second-order valence-corrected chi connectivity index (χ2v) is 10.3. The van der Waals surface area contributed by atoms with Crippen molar-refractivity contribution >= 4 is 15.8 Å². The van der Waals surface area contributed by atoms with Gasteiger partial charge in [-0.1, -0.05) is 32.0 Å². The molecule has 5 nitrogen and oxygen atoms in total. The molecule has 1 N–H and O–H groups in total. The van der Waals surface area contributed by atoms with Crippen LogP contribution in [0.15, 0.2) is 47.4 Å². The van der Waals surface area contributed by atoms with Crippen LogP contribution < -0.4 is 4.74 Å². The molecule has 1 saturated carbocycles. The number of ether oxygens (including phenoxy) is 1. The third-order valence-corrected chi connectivity index (χ3v) is 6.30. The molecule has 3 rings (SSSR count). The van der Waals surface area contributed by atoms with E-state index in [-0.39, 0.29) is 10.8 Å². The van der Waals surface area contributed by atoms with E-state index >= 15 is 0 Å². The summed E-state index contributed by atoms with van der Waals surface area (Å²) in [6.07, 6.45) is 4.07. The number of carboxylic acids is 1. The van der Waals surface area contributed by atoms with E-state index in [1.54, 1.807) is 24.3 Å². The van der Waals surface area contributed by atoms with Gasteiger partial charge < -0.3 is 9.84 Å². The summed E-state index contributed by atoms with van der Waals surface area (Å²) in [5.41, 5.74) is 2.32. The minimum absolute atomic E-state index is 0.249. The Hall–Kier alpha value is -2.34. The molecule has 1 atom stereocenters. The molecule has 0 spiro atoms. The van der Waals surface area contributed by atoms with E-state index in [0.717, 1.165) is 16.7 Å². The topological polar surface area (TPSA) is 80.7 Å². The maximum Gasteiger partial charge on any atom is 0.310 e. The summed E-state index contributed by atoms with van der Waals surface area (Å²) in [4.78, 5) is 12.1. The minimum atomic E-state index is -3.28. The van der Waals surface area contributed by atoms with Crippen LogP contribution in [0.25, 0.3) is 11.1 Å². The number of carbonyl (C=O) groups is 1. The van der Waals surface area contributed by atoms with Crippen LogP contribution >= 0.6 is 0 Å². The van der Waals surface area contributed by atoms with Crippen LogP contribution in [-0.4, -0.2) is 32.4 Å². The predicted octanol–water partition coefficient (Wildman–Crippen LogP) is 4.76. The van der Waals surface area contributed by atoms with Crippen LogP contribution in [0.4, 0.5) is 0 Å². The maximum absolute atomic E-state index is 11.8. The Labute approximate surface area is 172 Å². The molecule has 1 aliphatic rings. The first-order valence-electron chi connectivity index (χ1n) is 9.95. The van der Waals surface area contributed by atoms with E-state index in [4.69, 9.17) is 4.74 Å². The average Bonchev–Trinajstić information content (AvgIpc) is 3.48. The molecule has 1 aliphatic carbocycles. The third kappa shape index (κ3) is 5.60. The fourth-order valence-electron chi connectivity index (χ4n) is 3.34. The molecule has 156 valence electrons. The predicted molar refractivity (Wildman–Crippen MR) is 113 cm³/mol. The Morgan fingerprint density at radius 2 is 1.79 bits per heavy atom. The van der Waals surface area contributed by atoms with Gasteiger partial charge in [0.15, 0.2) is 9.84 Å². The standard InChI is InChI=1S/C23H28O5S/c1-15(2)12-21(23(24)25)18-8-11-22(28-14-16-4-5-16)20(13-18)17-6-9-19(10-7-17)29(3,26)27/h6-11,13,15-16,21H,4-5,12,14H2,1-3H3,(H,24,25). The number of benzene rings is 2. The summed E-state index contributed by atoms with van der Waals surface area (Å²) in [7, 11) is -3.28. The first kappa shape index (κ1) is 21.4. The summed E-state index contributed by atoms with van der Waals surface area (Å²) in [6.45, 7) is 4.66. The number of hydrogen-bond donors (Lipinski definition) is 1. The molecule has 0 radical (unpaired) electrons. The van der Waals surface area contributed by atoms with Gasteiger partial charge in [0.1, 0.15) is 5.75 Å². The van der Waals surface area contributed by atoms with E-state index in [2.05, 4.69) is 0 Å². The van der Waals surface area contributed by atoms with Gasteiger partial charge in [-0.05, 0) is 66.5 Å². The smallest absolute Gasteiger partial charge is 0.310 e. The summed E-state index contributed by atoms with van der Waals surface area (Å²) in [5, 5.41) is 9.72. The molecule has 29 heavy (non-hydrogen) atoms. The normalized spacial score (nSPS) is 15.3. The molecule has 2 aromatic carbocycles. The van der Waals surface area contributed by atoms with Crippen molar-refractivity contribution in [2.24, 2.45) is 11.8 Å². The second kappa shape index (κ2) is 8.57. The molecular formula is C23H28O5S. The second-order valence-electron chi connectivity index (χ2n) is 8.33. The van der Waals surface area contributed by atoms with Gasteiger partial charge in [0.25, 0.3) is 0 Å². The Morgan fingerprint density at radius 3 is 2.31 bits per heavy atom. The molecule has 0 aromatic heterocycles. The summed E-state index contributed by atoms with van der Waals surface area (Å²) in [5.74, 6) is 0.0916. The van der Waals surface area contributed by atoms with Crippen LogP contribution in [0.1, 0.15) is 44.6 Å². The highest BCUT2D eigenvalue weighted by atomic mass is 32.2. The zero-order valence-electron chi connectivity index (χ0n) is 17.1. The van der Waals surface area contributed by atoms with Crippen molar-refractivity contribution in [2.75, 3.05) is 12.9 Å². The van der Waals surface area contributed by atoms with Gasteiger partial charge in [0.2, 0.25) is 0 Å². The monoisotopic (exact) mass is 416 g/mol. The Morgan fingerprint density at radius 1 is 1.14 bits per heavy atom. The van der Waals surface area contributed by atoms with Crippen molar-refractivity contribution in [1.82, 2.24) is 0 Å². The molecule has 0 amide bonds. The lowest BCUT2D eigenvalue weighted by Gasteiger charge is -2.18. The number of sulfone groups is 1. The number of carboxylic acid groups (broad SMARTS) is 1. The highest BCUT2D eigenvalue weighted by molar-refractivity contribution is 7.90. The molecule has 0 heterocycles. The molecule has 0 saturated heterocycles. The van der Waals surface area contributed by atoms with Gasteiger partial charge in [-0.15, -0.1) is 0 Å². The average molecular weight is 417 g/mol. The fourth-order valence-corrected chi connectivity index (χ4v) is 3.97. The summed E-state index contributed by atoms with van der Waals surface area (Å²) < 4.78 is 29.5. The summed E-state index contributed by atoms with van der Waals surface area (Å²) in [6, 6.07) is 12.2. The SMILES string of the molecule is CC(C)CC(C(=O)O)c1ccc(OCC2CC2)c(-c2ccc(S(C)(=O)=O)cc2)c1. The quantitative estimate of drug-likeness (QED) is 0.637. The minimum Gasteiger partial charge on any atom is -0.493 e. The maximum atomic E-state index is 11.8. The van der Waals surface area contributed by atoms with Gasteiger partial charge in [-0.3, -0.25) is 4.79 Å².